The fourth-order valence-corrected chi connectivity index (χ4v) is 2.03. The molecule has 0 saturated carbocycles. The van der Waals surface area contributed by atoms with Crippen LogP contribution >= 0.6 is 11.8 Å². The molecule has 1 rings (SSSR count). The van der Waals surface area contributed by atoms with Crippen molar-refractivity contribution in [1.29, 1.82) is 0 Å². The molecular formula is C10H12N2O5S. The van der Waals surface area contributed by atoms with Gasteiger partial charge in [0.05, 0.1) is 12.4 Å². The molecule has 1 aromatic rings. The van der Waals surface area contributed by atoms with Crippen molar-refractivity contribution in [3.8, 4) is 0 Å². The smallest absolute Gasteiger partial charge is 0.346 e. The van der Waals surface area contributed by atoms with Crippen LogP contribution in [-0.4, -0.2) is 39.4 Å². The van der Waals surface area contributed by atoms with Gasteiger partial charge in [-0.25, -0.2) is 9.59 Å². The Bertz CT molecular complexity index is 525. The summed E-state index contributed by atoms with van der Waals surface area (Å²) in [7, 11) is 0. The molecule has 7 nitrogen and oxygen atoms in total. The fourth-order valence-electron chi connectivity index (χ4n) is 1.24. The molecule has 1 aromatic heterocycles. The summed E-state index contributed by atoms with van der Waals surface area (Å²) in [5.74, 6) is -1.98. The molecule has 0 aliphatic heterocycles. The van der Waals surface area contributed by atoms with E-state index in [4.69, 9.17) is 9.84 Å². The number of hydrogen-bond donors (Lipinski definition) is 2. The van der Waals surface area contributed by atoms with Gasteiger partial charge in [0.2, 0.25) is 0 Å². The monoisotopic (exact) mass is 272 g/mol. The standard InChI is InChI=1S/C10H12N2O5S/c1-3-17-9(15)7-5(2)11-10(16)12-8(7)18-4-6(13)14/h3-4H2,1-2H3,(H,13,14)(H,11,12,16). The van der Waals surface area contributed by atoms with Crippen molar-refractivity contribution in [3.63, 3.8) is 0 Å². The van der Waals surface area contributed by atoms with Gasteiger partial charge in [0, 0.05) is 5.69 Å². The normalized spacial score (nSPS) is 10.1. The number of nitrogens with zero attached hydrogens (tertiary/aromatic N) is 1. The SMILES string of the molecule is CCOC(=O)c1c(SCC(=O)O)nc(=O)[nH]c1C. The van der Waals surface area contributed by atoms with E-state index >= 15 is 0 Å². The third kappa shape index (κ3) is 3.59. The molecule has 0 spiro atoms. The molecular weight excluding hydrogens is 260 g/mol. The summed E-state index contributed by atoms with van der Waals surface area (Å²) in [6.45, 7) is 3.36. The maximum absolute atomic E-state index is 11.7. The van der Waals surface area contributed by atoms with Crippen LogP contribution in [0.5, 0.6) is 0 Å². The lowest BCUT2D eigenvalue weighted by molar-refractivity contribution is -0.133. The van der Waals surface area contributed by atoms with E-state index in [1.165, 1.54) is 6.92 Å². The number of carbonyl (C=O) groups is 2. The summed E-state index contributed by atoms with van der Waals surface area (Å²) in [6, 6.07) is 0. The van der Waals surface area contributed by atoms with Gasteiger partial charge in [-0.05, 0) is 13.8 Å². The van der Waals surface area contributed by atoms with Crippen LogP contribution in [0.3, 0.4) is 0 Å². The Labute approximate surface area is 107 Å². The summed E-state index contributed by atoms with van der Waals surface area (Å²) in [6.07, 6.45) is 0. The van der Waals surface area contributed by atoms with Gasteiger partial charge >= 0.3 is 17.6 Å². The van der Waals surface area contributed by atoms with E-state index < -0.39 is 17.6 Å². The number of H-pyrrole nitrogens is 1. The summed E-state index contributed by atoms with van der Waals surface area (Å²) < 4.78 is 4.83. The summed E-state index contributed by atoms with van der Waals surface area (Å²) in [5.41, 5.74) is -0.225. The summed E-state index contributed by atoms with van der Waals surface area (Å²) in [4.78, 5) is 39.4. The largest absolute Gasteiger partial charge is 0.481 e. The zero-order chi connectivity index (χ0) is 13.7. The Hall–Kier alpha value is -1.83. The maximum Gasteiger partial charge on any atom is 0.346 e. The van der Waals surface area contributed by atoms with Crippen LogP contribution < -0.4 is 5.69 Å². The minimum Gasteiger partial charge on any atom is -0.481 e. The molecule has 0 bridgehead atoms. The number of nitrogens with one attached hydrogen (secondary N) is 1. The number of rotatable bonds is 5. The van der Waals surface area contributed by atoms with Crippen LogP contribution in [0.25, 0.3) is 0 Å². The third-order valence-corrected chi connectivity index (χ3v) is 2.86. The highest BCUT2D eigenvalue weighted by molar-refractivity contribution is 7.99. The van der Waals surface area contributed by atoms with Gasteiger partial charge < -0.3 is 14.8 Å². The molecule has 0 atom stereocenters. The van der Waals surface area contributed by atoms with Crippen LogP contribution in [0.1, 0.15) is 23.0 Å². The number of aliphatic carboxylic acids is 1. The first-order valence-corrected chi connectivity index (χ1v) is 6.07. The minimum absolute atomic E-state index is 0.0668. The number of ether oxygens (including phenoxy) is 1. The molecule has 0 unspecified atom stereocenters. The van der Waals surface area contributed by atoms with Gasteiger partial charge in [-0.1, -0.05) is 11.8 Å². The first kappa shape index (κ1) is 14.2. The van der Waals surface area contributed by atoms with E-state index in [2.05, 4.69) is 9.97 Å². The minimum atomic E-state index is -1.06. The molecule has 98 valence electrons. The number of aryl methyl sites for hydroxylation is 1. The number of carboxylic acids is 1. The van der Waals surface area contributed by atoms with Crippen molar-refractivity contribution >= 4 is 23.7 Å². The highest BCUT2D eigenvalue weighted by Gasteiger charge is 2.19. The van der Waals surface area contributed by atoms with Gasteiger partial charge in [-0.3, -0.25) is 4.79 Å². The van der Waals surface area contributed by atoms with Gasteiger partial charge in [0.15, 0.2) is 0 Å². The Morgan fingerprint density at radius 1 is 1.50 bits per heavy atom. The maximum atomic E-state index is 11.7. The molecule has 0 fully saturated rings. The Balaban J connectivity index is 3.16. The zero-order valence-corrected chi connectivity index (χ0v) is 10.7. The van der Waals surface area contributed by atoms with E-state index in [0.29, 0.717) is 5.69 Å². The van der Waals surface area contributed by atoms with Crippen molar-refractivity contribution in [3.05, 3.63) is 21.7 Å². The molecule has 18 heavy (non-hydrogen) atoms. The van der Waals surface area contributed by atoms with E-state index in [1.54, 1.807) is 6.92 Å². The highest BCUT2D eigenvalue weighted by atomic mass is 32.2. The topological polar surface area (TPSA) is 109 Å². The summed E-state index contributed by atoms with van der Waals surface area (Å²) in [5, 5.41) is 8.66. The Morgan fingerprint density at radius 3 is 2.72 bits per heavy atom. The third-order valence-electron chi connectivity index (χ3n) is 1.90. The number of aromatic amines is 1. The van der Waals surface area contributed by atoms with Crippen LogP contribution in [0.2, 0.25) is 0 Å². The van der Waals surface area contributed by atoms with Crippen molar-refractivity contribution < 1.29 is 19.4 Å². The second-order valence-electron chi connectivity index (χ2n) is 3.25. The van der Waals surface area contributed by atoms with Crippen LogP contribution in [0.15, 0.2) is 9.82 Å². The predicted octanol–water partition coefficient (Wildman–Crippen LogP) is 0.432. The molecule has 0 amide bonds. The lowest BCUT2D eigenvalue weighted by Crippen LogP contribution is -2.20. The van der Waals surface area contributed by atoms with E-state index in [-0.39, 0.29) is 22.9 Å². The van der Waals surface area contributed by atoms with Crippen LogP contribution in [0, 0.1) is 6.92 Å². The summed E-state index contributed by atoms with van der Waals surface area (Å²) >= 11 is 0.806. The molecule has 8 heteroatoms. The number of hydrogen-bond acceptors (Lipinski definition) is 6. The average molecular weight is 272 g/mol. The lowest BCUT2D eigenvalue weighted by Gasteiger charge is -2.08. The van der Waals surface area contributed by atoms with Crippen LogP contribution in [0.4, 0.5) is 0 Å². The predicted molar refractivity (Wildman–Crippen MR) is 63.9 cm³/mol. The van der Waals surface area contributed by atoms with E-state index in [1.807, 2.05) is 0 Å². The van der Waals surface area contributed by atoms with Crippen LogP contribution in [-0.2, 0) is 9.53 Å². The first-order valence-electron chi connectivity index (χ1n) is 5.08. The van der Waals surface area contributed by atoms with Crippen molar-refractivity contribution in [2.24, 2.45) is 0 Å². The second-order valence-corrected chi connectivity index (χ2v) is 4.21. The number of carboxylic acid groups (broad SMARTS) is 1. The number of carbonyl (C=O) groups excluding carboxylic acids is 1. The molecule has 0 radical (unpaired) electrons. The van der Waals surface area contributed by atoms with E-state index in [9.17, 15) is 14.4 Å². The number of esters is 1. The van der Waals surface area contributed by atoms with Gasteiger partial charge in [0.25, 0.3) is 0 Å². The molecule has 0 aromatic carbocycles. The van der Waals surface area contributed by atoms with Gasteiger partial charge in [0.1, 0.15) is 10.6 Å². The highest BCUT2D eigenvalue weighted by Crippen LogP contribution is 2.21. The number of thioether (sulfide) groups is 1. The Morgan fingerprint density at radius 2 is 2.17 bits per heavy atom. The fraction of sp³-hybridized carbons (Fsp3) is 0.400. The van der Waals surface area contributed by atoms with Gasteiger partial charge in [-0.15, -0.1) is 0 Å². The van der Waals surface area contributed by atoms with Crippen molar-refractivity contribution in [2.45, 2.75) is 18.9 Å². The molecule has 0 aliphatic rings. The van der Waals surface area contributed by atoms with Crippen molar-refractivity contribution in [2.75, 3.05) is 12.4 Å². The quantitative estimate of drug-likeness (QED) is 0.454. The lowest BCUT2D eigenvalue weighted by atomic mass is 10.2. The van der Waals surface area contributed by atoms with Crippen molar-refractivity contribution in [1.82, 2.24) is 9.97 Å². The average Bonchev–Trinajstić information content (AvgIpc) is 2.25. The zero-order valence-electron chi connectivity index (χ0n) is 9.85. The molecule has 0 saturated heterocycles. The second kappa shape index (κ2) is 6.20. The number of aromatic nitrogens is 2. The van der Waals surface area contributed by atoms with E-state index in [0.717, 1.165) is 11.8 Å². The molecule has 2 N–H and O–H groups in total. The Kier molecular flexibility index (Phi) is 4.90. The molecule has 1 heterocycles. The van der Waals surface area contributed by atoms with Gasteiger partial charge in [-0.2, -0.15) is 4.98 Å². The first-order chi connectivity index (χ1) is 8.45. The molecule has 0 aliphatic carbocycles.